The molecule has 30 heavy (non-hydrogen) atoms. The van der Waals surface area contributed by atoms with E-state index in [4.69, 9.17) is 0 Å². The lowest BCUT2D eigenvalue weighted by molar-refractivity contribution is -0.115. The maximum atomic E-state index is 14.2. The summed E-state index contributed by atoms with van der Waals surface area (Å²) in [5.41, 5.74) is 2.05. The number of para-hydroxylation sites is 1. The molecule has 0 aliphatic rings. The molecule has 0 saturated carbocycles. The van der Waals surface area contributed by atoms with Crippen LogP contribution in [-0.2, 0) is 17.1 Å². The van der Waals surface area contributed by atoms with Gasteiger partial charge >= 0.3 is 0 Å². The highest BCUT2D eigenvalue weighted by Crippen LogP contribution is 2.32. The fourth-order valence-corrected chi connectivity index (χ4v) is 4.55. The second kappa shape index (κ2) is 9.14. The number of nitrogens with zero attached hydrogens (tertiary/aromatic N) is 6. The number of aromatic nitrogens is 5. The number of halogens is 1. The van der Waals surface area contributed by atoms with E-state index in [-0.39, 0.29) is 11.6 Å². The molecule has 4 rings (SSSR count). The monoisotopic (exact) mass is 440 g/mol. The van der Waals surface area contributed by atoms with Crippen molar-refractivity contribution in [2.45, 2.75) is 24.4 Å². The Balaban J connectivity index is 1.47. The number of carbonyl (C=O) groups excluding carboxylic acids is 1. The lowest BCUT2D eigenvalue weighted by Crippen LogP contribution is -2.23. The third-order valence-electron chi connectivity index (χ3n) is 4.16. The van der Waals surface area contributed by atoms with E-state index in [9.17, 15) is 9.18 Å². The lowest BCUT2D eigenvalue weighted by Gasteiger charge is -2.18. The molecule has 10 heteroatoms. The van der Waals surface area contributed by atoms with Crippen LogP contribution in [0.5, 0.6) is 0 Å². The molecule has 0 radical (unpaired) electrons. The number of anilines is 2. The number of amides is 1. The topological polar surface area (TPSA) is 76.8 Å². The van der Waals surface area contributed by atoms with Crippen molar-refractivity contribution in [1.82, 2.24) is 25.2 Å². The maximum absolute atomic E-state index is 14.2. The standard InChI is InChI=1S/C20H17FN6OS2/c1-14(28)27(18-10-6-5-9-17(18)21)19-22-16(12-29-19)13-30-20-23-24-25-26(20)11-15-7-3-2-4-8-15/h2-10,12H,11,13H2,1H3. The van der Waals surface area contributed by atoms with E-state index in [0.29, 0.717) is 22.6 Å². The van der Waals surface area contributed by atoms with Crippen LogP contribution < -0.4 is 4.90 Å². The number of thioether (sulfide) groups is 1. The summed E-state index contributed by atoms with van der Waals surface area (Å²) in [4.78, 5) is 18.0. The average Bonchev–Trinajstić information content (AvgIpc) is 3.38. The first-order valence-electron chi connectivity index (χ1n) is 9.04. The van der Waals surface area contributed by atoms with Gasteiger partial charge in [-0.2, -0.15) is 0 Å². The molecule has 0 N–H and O–H groups in total. The highest BCUT2D eigenvalue weighted by Gasteiger charge is 2.21. The number of benzene rings is 2. The van der Waals surface area contributed by atoms with Gasteiger partial charge in [-0.3, -0.25) is 9.69 Å². The SMILES string of the molecule is CC(=O)N(c1nc(CSc2nnnn2Cc2ccccc2)cs1)c1ccccc1F. The molecule has 2 heterocycles. The summed E-state index contributed by atoms with van der Waals surface area (Å²) in [6, 6.07) is 16.1. The minimum atomic E-state index is -0.473. The van der Waals surface area contributed by atoms with Gasteiger partial charge in [0.1, 0.15) is 5.82 Å². The van der Waals surface area contributed by atoms with E-state index in [1.165, 1.54) is 41.0 Å². The van der Waals surface area contributed by atoms with Gasteiger partial charge in [-0.05, 0) is 28.1 Å². The maximum Gasteiger partial charge on any atom is 0.230 e. The zero-order chi connectivity index (χ0) is 20.9. The van der Waals surface area contributed by atoms with Crippen molar-refractivity contribution in [3.63, 3.8) is 0 Å². The van der Waals surface area contributed by atoms with Crippen LogP contribution in [0.25, 0.3) is 0 Å². The van der Waals surface area contributed by atoms with Crippen LogP contribution in [0, 0.1) is 5.82 Å². The predicted octanol–water partition coefficient (Wildman–Crippen LogP) is 4.29. The highest BCUT2D eigenvalue weighted by atomic mass is 32.2. The summed E-state index contributed by atoms with van der Waals surface area (Å²) >= 11 is 2.74. The largest absolute Gasteiger partial charge is 0.274 e. The summed E-state index contributed by atoms with van der Waals surface area (Å²) in [5.74, 6) is -0.256. The van der Waals surface area contributed by atoms with Gasteiger partial charge in [0.2, 0.25) is 11.1 Å². The van der Waals surface area contributed by atoms with Gasteiger partial charge in [-0.15, -0.1) is 16.4 Å². The van der Waals surface area contributed by atoms with Crippen molar-refractivity contribution < 1.29 is 9.18 Å². The van der Waals surface area contributed by atoms with Crippen LogP contribution in [0.15, 0.2) is 65.1 Å². The van der Waals surface area contributed by atoms with E-state index < -0.39 is 5.82 Å². The van der Waals surface area contributed by atoms with Crippen LogP contribution in [0.3, 0.4) is 0 Å². The van der Waals surface area contributed by atoms with Crippen LogP contribution in [-0.4, -0.2) is 31.1 Å². The Morgan fingerprint density at radius 3 is 2.70 bits per heavy atom. The van der Waals surface area contributed by atoms with Gasteiger partial charge in [0, 0.05) is 18.1 Å². The molecular weight excluding hydrogens is 423 g/mol. The van der Waals surface area contributed by atoms with Gasteiger partial charge in [0.25, 0.3) is 0 Å². The molecular formula is C20H17FN6OS2. The summed E-state index contributed by atoms with van der Waals surface area (Å²) in [7, 11) is 0. The predicted molar refractivity (Wildman–Crippen MR) is 114 cm³/mol. The summed E-state index contributed by atoms with van der Waals surface area (Å²) in [6.45, 7) is 1.96. The van der Waals surface area contributed by atoms with Gasteiger partial charge in [0.15, 0.2) is 5.13 Å². The molecule has 2 aromatic carbocycles. The van der Waals surface area contributed by atoms with Crippen LogP contribution in [0.1, 0.15) is 18.2 Å². The molecule has 0 saturated heterocycles. The number of rotatable bonds is 7. The van der Waals surface area contributed by atoms with Crippen molar-refractivity contribution in [1.29, 1.82) is 0 Å². The molecule has 1 amide bonds. The summed E-state index contributed by atoms with van der Waals surface area (Å²) in [6.07, 6.45) is 0. The normalized spacial score (nSPS) is 10.9. The molecule has 0 atom stereocenters. The summed E-state index contributed by atoms with van der Waals surface area (Å²) in [5, 5.41) is 14.8. The van der Waals surface area contributed by atoms with E-state index in [1.807, 2.05) is 35.7 Å². The zero-order valence-electron chi connectivity index (χ0n) is 16.0. The Kier molecular flexibility index (Phi) is 6.15. The lowest BCUT2D eigenvalue weighted by atomic mass is 10.2. The number of hydrogen-bond donors (Lipinski definition) is 0. The molecule has 152 valence electrons. The molecule has 0 fully saturated rings. The number of thiazole rings is 1. The average molecular weight is 441 g/mol. The minimum Gasteiger partial charge on any atom is -0.274 e. The molecule has 2 aromatic heterocycles. The molecule has 0 aliphatic heterocycles. The quantitative estimate of drug-likeness (QED) is 0.399. The Labute approximate surface area is 180 Å². The third-order valence-corrected chi connectivity index (χ3v) is 6.03. The van der Waals surface area contributed by atoms with Crippen LogP contribution in [0.2, 0.25) is 0 Å². The van der Waals surface area contributed by atoms with Crippen LogP contribution >= 0.6 is 23.1 Å². The molecule has 0 aliphatic carbocycles. The molecule has 0 unspecified atom stereocenters. The molecule has 7 nitrogen and oxygen atoms in total. The second-order valence-corrected chi connectivity index (χ2v) is 8.10. The first-order valence-corrected chi connectivity index (χ1v) is 10.9. The molecule has 4 aromatic rings. The first kappa shape index (κ1) is 20.2. The smallest absolute Gasteiger partial charge is 0.230 e. The molecule has 0 bridgehead atoms. The third kappa shape index (κ3) is 4.55. The summed E-state index contributed by atoms with van der Waals surface area (Å²) < 4.78 is 15.9. The Morgan fingerprint density at radius 1 is 1.17 bits per heavy atom. The van der Waals surface area contributed by atoms with Crippen molar-refractivity contribution in [2.24, 2.45) is 0 Å². The Morgan fingerprint density at radius 2 is 1.93 bits per heavy atom. The van der Waals surface area contributed by atoms with Crippen molar-refractivity contribution >= 4 is 39.8 Å². The van der Waals surface area contributed by atoms with Gasteiger partial charge in [0.05, 0.1) is 17.9 Å². The number of tetrazole rings is 1. The fraction of sp³-hybridized carbons (Fsp3) is 0.150. The van der Waals surface area contributed by atoms with E-state index in [0.717, 1.165) is 11.3 Å². The first-order chi connectivity index (χ1) is 14.6. The van der Waals surface area contributed by atoms with Crippen molar-refractivity contribution in [3.05, 3.63) is 77.1 Å². The van der Waals surface area contributed by atoms with E-state index in [2.05, 4.69) is 20.5 Å². The Hall–Kier alpha value is -3.11. The van der Waals surface area contributed by atoms with Crippen LogP contribution in [0.4, 0.5) is 15.2 Å². The number of hydrogen-bond acceptors (Lipinski definition) is 7. The fourth-order valence-electron chi connectivity index (χ4n) is 2.80. The zero-order valence-corrected chi connectivity index (χ0v) is 17.6. The van der Waals surface area contributed by atoms with Crippen molar-refractivity contribution in [2.75, 3.05) is 4.90 Å². The minimum absolute atomic E-state index is 0.186. The van der Waals surface area contributed by atoms with Gasteiger partial charge in [-0.1, -0.05) is 54.2 Å². The van der Waals surface area contributed by atoms with Gasteiger partial charge < -0.3 is 0 Å². The van der Waals surface area contributed by atoms with Crippen molar-refractivity contribution in [3.8, 4) is 0 Å². The number of carbonyl (C=O) groups is 1. The van der Waals surface area contributed by atoms with E-state index >= 15 is 0 Å². The Bertz CT molecular complexity index is 1150. The second-order valence-electron chi connectivity index (χ2n) is 6.32. The van der Waals surface area contributed by atoms with E-state index in [1.54, 1.807) is 22.9 Å². The highest BCUT2D eigenvalue weighted by molar-refractivity contribution is 7.98. The molecule has 0 spiro atoms. The van der Waals surface area contributed by atoms with Gasteiger partial charge in [-0.25, -0.2) is 14.1 Å².